The molecule has 0 fully saturated rings. The summed E-state index contributed by atoms with van der Waals surface area (Å²) in [5.41, 5.74) is 10.6. The zero-order valence-electron chi connectivity index (χ0n) is 20.3. The van der Waals surface area contributed by atoms with Crippen LogP contribution in [0.3, 0.4) is 0 Å². The van der Waals surface area contributed by atoms with Crippen molar-refractivity contribution in [2.45, 2.75) is 25.7 Å². The summed E-state index contributed by atoms with van der Waals surface area (Å²) in [6.07, 6.45) is 0. The van der Waals surface area contributed by atoms with Crippen LogP contribution in [0.15, 0.2) is 82.8 Å². The molecule has 2 aliphatic rings. The van der Waals surface area contributed by atoms with E-state index in [2.05, 4.69) is 115 Å². The van der Waals surface area contributed by atoms with E-state index in [1.807, 2.05) is 12.1 Å². The number of hydrogen-bond donors (Lipinski definition) is 1. The van der Waals surface area contributed by atoms with Gasteiger partial charge in [-0.2, -0.15) is 0 Å². The molecule has 4 aromatic rings. The van der Waals surface area contributed by atoms with Gasteiger partial charge in [0.25, 0.3) is 0 Å². The van der Waals surface area contributed by atoms with Gasteiger partial charge in [0.05, 0.1) is 5.92 Å². The number of hydrogen-bond acceptors (Lipinski definition) is 2. The van der Waals surface area contributed by atoms with Gasteiger partial charge in [-0.1, -0.05) is 76.1 Å². The fourth-order valence-corrected chi connectivity index (χ4v) is 6.49. The lowest BCUT2D eigenvalue weighted by Crippen LogP contribution is -2.20. The quantitative estimate of drug-likeness (QED) is 0.300. The van der Waals surface area contributed by atoms with Crippen molar-refractivity contribution in [3.05, 3.63) is 111 Å². The van der Waals surface area contributed by atoms with E-state index < -0.39 is 0 Å². The summed E-state index contributed by atoms with van der Waals surface area (Å²) in [6, 6.07) is 25.7. The minimum Gasteiger partial charge on any atom is -0.377 e. The molecule has 174 valence electrons. The molecule has 2 unspecified atom stereocenters. The Morgan fingerprint density at radius 2 is 1.51 bits per heavy atom. The highest BCUT2D eigenvalue weighted by molar-refractivity contribution is 9.10. The SMILES string of the molecule is CC1=C(c2ccc(N(C)C)c3ccccc23)c2ccccc2C1C1C(=O)Nc2ccc(Br)c(C)c21. The van der Waals surface area contributed by atoms with Gasteiger partial charge in [0.15, 0.2) is 0 Å². The van der Waals surface area contributed by atoms with Crippen LogP contribution in [0.25, 0.3) is 16.3 Å². The van der Waals surface area contributed by atoms with E-state index in [9.17, 15) is 4.79 Å². The summed E-state index contributed by atoms with van der Waals surface area (Å²) in [5.74, 6) is -0.189. The normalized spacial score (nSPS) is 18.6. The first-order valence-corrected chi connectivity index (χ1v) is 12.8. The molecular formula is C31H27BrN2O. The predicted molar refractivity (Wildman–Crippen MR) is 149 cm³/mol. The third-order valence-electron chi connectivity index (χ3n) is 7.71. The van der Waals surface area contributed by atoms with Crippen LogP contribution in [0, 0.1) is 6.92 Å². The second-order valence-electron chi connectivity index (χ2n) is 9.80. The third-order valence-corrected chi connectivity index (χ3v) is 8.57. The number of carbonyl (C=O) groups excluding carboxylic acids is 1. The third kappa shape index (κ3) is 3.20. The number of carbonyl (C=O) groups is 1. The summed E-state index contributed by atoms with van der Waals surface area (Å²) < 4.78 is 1.04. The molecule has 2 atom stereocenters. The second-order valence-corrected chi connectivity index (χ2v) is 10.7. The van der Waals surface area contributed by atoms with Gasteiger partial charge in [-0.25, -0.2) is 0 Å². The highest BCUT2D eigenvalue weighted by Crippen LogP contribution is 2.55. The molecule has 6 rings (SSSR count). The number of amides is 1. The van der Waals surface area contributed by atoms with Crippen LogP contribution in [-0.4, -0.2) is 20.0 Å². The molecule has 1 aliphatic carbocycles. The number of halogens is 1. The van der Waals surface area contributed by atoms with Crippen LogP contribution in [0.2, 0.25) is 0 Å². The topological polar surface area (TPSA) is 32.3 Å². The smallest absolute Gasteiger partial charge is 0.232 e. The first-order chi connectivity index (χ1) is 16.9. The molecule has 35 heavy (non-hydrogen) atoms. The number of benzene rings is 4. The Balaban J connectivity index is 1.62. The fourth-order valence-electron chi connectivity index (χ4n) is 6.15. The van der Waals surface area contributed by atoms with Crippen molar-refractivity contribution in [1.82, 2.24) is 0 Å². The van der Waals surface area contributed by atoms with Crippen molar-refractivity contribution in [3.8, 4) is 0 Å². The second kappa shape index (κ2) is 8.10. The highest BCUT2D eigenvalue weighted by atomic mass is 79.9. The fraction of sp³-hybridized carbons (Fsp3) is 0.194. The van der Waals surface area contributed by atoms with Gasteiger partial charge < -0.3 is 10.2 Å². The van der Waals surface area contributed by atoms with Gasteiger partial charge in [-0.05, 0) is 70.8 Å². The molecular weight excluding hydrogens is 496 g/mol. The summed E-state index contributed by atoms with van der Waals surface area (Å²) in [4.78, 5) is 15.6. The van der Waals surface area contributed by atoms with Crippen molar-refractivity contribution < 1.29 is 4.79 Å². The Labute approximate surface area is 214 Å². The predicted octanol–water partition coefficient (Wildman–Crippen LogP) is 7.63. The van der Waals surface area contributed by atoms with E-state index in [1.165, 1.54) is 44.3 Å². The van der Waals surface area contributed by atoms with Crippen molar-refractivity contribution in [3.63, 3.8) is 0 Å². The molecule has 0 spiro atoms. The van der Waals surface area contributed by atoms with Gasteiger partial charge in [-0.3, -0.25) is 4.79 Å². The molecule has 0 aromatic heterocycles. The summed E-state index contributed by atoms with van der Waals surface area (Å²) >= 11 is 3.69. The minimum absolute atomic E-state index is 0.0114. The van der Waals surface area contributed by atoms with Crippen molar-refractivity contribution in [2.24, 2.45) is 0 Å². The number of rotatable bonds is 3. The van der Waals surface area contributed by atoms with Gasteiger partial charge in [-0.15, -0.1) is 0 Å². The molecule has 0 saturated heterocycles. The molecule has 4 aromatic carbocycles. The highest BCUT2D eigenvalue weighted by Gasteiger charge is 2.44. The van der Waals surface area contributed by atoms with Crippen LogP contribution in [-0.2, 0) is 4.79 Å². The van der Waals surface area contributed by atoms with E-state index in [0.29, 0.717) is 0 Å². The molecule has 3 nitrogen and oxygen atoms in total. The van der Waals surface area contributed by atoms with Crippen LogP contribution in [0.4, 0.5) is 11.4 Å². The molecule has 4 heteroatoms. The van der Waals surface area contributed by atoms with E-state index >= 15 is 0 Å². The van der Waals surface area contributed by atoms with Gasteiger partial charge >= 0.3 is 0 Å². The maximum atomic E-state index is 13.5. The Kier molecular flexibility index (Phi) is 5.12. The maximum Gasteiger partial charge on any atom is 0.232 e. The van der Waals surface area contributed by atoms with Gasteiger partial charge in [0.2, 0.25) is 5.91 Å². The first kappa shape index (κ1) is 22.1. The van der Waals surface area contributed by atoms with E-state index in [1.54, 1.807) is 0 Å². The lowest BCUT2D eigenvalue weighted by Gasteiger charge is -2.22. The zero-order valence-corrected chi connectivity index (χ0v) is 21.9. The van der Waals surface area contributed by atoms with Crippen molar-refractivity contribution in [2.75, 3.05) is 24.3 Å². The van der Waals surface area contributed by atoms with Crippen molar-refractivity contribution >= 4 is 49.6 Å². The van der Waals surface area contributed by atoms with E-state index in [4.69, 9.17) is 0 Å². The van der Waals surface area contributed by atoms with Crippen LogP contribution in [0.1, 0.15) is 46.6 Å². The van der Waals surface area contributed by atoms with Crippen LogP contribution in [0.5, 0.6) is 0 Å². The molecule has 0 saturated carbocycles. The van der Waals surface area contributed by atoms with Gasteiger partial charge in [0, 0.05) is 41.2 Å². The van der Waals surface area contributed by atoms with Crippen molar-refractivity contribution in [1.29, 1.82) is 0 Å². The zero-order chi connectivity index (χ0) is 24.4. The molecule has 0 bridgehead atoms. The average Bonchev–Trinajstić information content (AvgIpc) is 3.33. The average molecular weight is 523 g/mol. The molecule has 0 radical (unpaired) electrons. The Morgan fingerprint density at radius 3 is 2.29 bits per heavy atom. The van der Waals surface area contributed by atoms with Crippen LogP contribution >= 0.6 is 15.9 Å². The number of nitrogens with zero attached hydrogens (tertiary/aromatic N) is 1. The summed E-state index contributed by atoms with van der Waals surface area (Å²) in [5, 5.41) is 5.63. The van der Waals surface area contributed by atoms with E-state index in [0.717, 1.165) is 21.3 Å². The number of nitrogens with one attached hydrogen (secondary N) is 1. The number of fused-ring (bicyclic) bond motifs is 3. The molecule has 1 amide bonds. The number of allylic oxidation sites excluding steroid dienone is 1. The Hall–Kier alpha value is -3.37. The van der Waals surface area contributed by atoms with Gasteiger partial charge in [0.1, 0.15) is 0 Å². The maximum absolute atomic E-state index is 13.5. The molecule has 1 N–H and O–H groups in total. The lowest BCUT2D eigenvalue weighted by molar-refractivity contribution is -0.117. The minimum atomic E-state index is -0.256. The largest absolute Gasteiger partial charge is 0.377 e. The van der Waals surface area contributed by atoms with E-state index in [-0.39, 0.29) is 17.7 Å². The lowest BCUT2D eigenvalue weighted by atomic mass is 9.79. The van der Waals surface area contributed by atoms with Crippen LogP contribution < -0.4 is 10.2 Å². The molecule has 1 heterocycles. The summed E-state index contributed by atoms with van der Waals surface area (Å²) in [7, 11) is 4.17. The Morgan fingerprint density at radius 1 is 0.800 bits per heavy atom. The molecule has 1 aliphatic heterocycles. The standard InChI is InChI=1S/C31H27BrN2O/c1-17-24(32)14-15-25-29(17)30(31(35)33-25)28-18(2)27(21-11-7-8-12-22(21)28)23-13-16-26(34(3)4)20-10-6-5-9-19(20)23/h5-16,28,30H,1-4H3,(H,33,35). The first-order valence-electron chi connectivity index (χ1n) is 12.0. The Bertz CT molecular complexity index is 1570. The summed E-state index contributed by atoms with van der Waals surface area (Å²) in [6.45, 7) is 4.32. The number of anilines is 2. The monoisotopic (exact) mass is 522 g/mol.